The molecule has 2 aromatic rings. The van der Waals surface area contributed by atoms with Gasteiger partial charge in [-0.2, -0.15) is 0 Å². The highest BCUT2D eigenvalue weighted by atomic mass is 14.3. The van der Waals surface area contributed by atoms with Gasteiger partial charge in [-0.25, -0.2) is 0 Å². The summed E-state index contributed by atoms with van der Waals surface area (Å²) in [6.07, 6.45) is 3.47. The lowest BCUT2D eigenvalue weighted by atomic mass is 9.74. The zero-order valence-corrected chi connectivity index (χ0v) is 22.6. The van der Waals surface area contributed by atoms with Crippen molar-refractivity contribution in [3.8, 4) is 0 Å². The molecule has 0 aliphatic rings. The van der Waals surface area contributed by atoms with Crippen LogP contribution in [0.25, 0.3) is 0 Å². The molecule has 31 heavy (non-hydrogen) atoms. The van der Waals surface area contributed by atoms with E-state index in [-0.39, 0.29) is 21.7 Å². The van der Waals surface area contributed by atoms with E-state index in [1.165, 1.54) is 39.8 Å². The van der Waals surface area contributed by atoms with Crippen molar-refractivity contribution in [3.63, 3.8) is 0 Å². The Morgan fingerprint density at radius 1 is 0.484 bits per heavy atom. The fourth-order valence-corrected chi connectivity index (χ4v) is 4.46. The molecule has 0 saturated carbocycles. The van der Waals surface area contributed by atoms with Crippen molar-refractivity contribution in [2.45, 2.75) is 124 Å². The monoisotopic (exact) mass is 420 g/mol. The van der Waals surface area contributed by atoms with Crippen LogP contribution in [0.15, 0.2) is 36.4 Å². The molecule has 172 valence electrons. The van der Waals surface area contributed by atoms with Crippen LogP contribution in [0.2, 0.25) is 0 Å². The lowest BCUT2D eigenvalue weighted by molar-refractivity contribution is 0.529. The second-order valence-electron chi connectivity index (χ2n) is 13.6. The summed E-state index contributed by atoms with van der Waals surface area (Å²) < 4.78 is 0. The zero-order valence-electron chi connectivity index (χ0n) is 22.6. The van der Waals surface area contributed by atoms with Gasteiger partial charge >= 0.3 is 0 Å². The van der Waals surface area contributed by atoms with Gasteiger partial charge in [0.05, 0.1) is 0 Å². The van der Waals surface area contributed by atoms with E-state index in [1.807, 2.05) is 0 Å². The Labute approximate surface area is 193 Å². The minimum absolute atomic E-state index is 0.167. The first kappa shape index (κ1) is 25.7. The van der Waals surface area contributed by atoms with Gasteiger partial charge in [-0.3, -0.25) is 0 Å². The van der Waals surface area contributed by atoms with E-state index in [9.17, 15) is 0 Å². The van der Waals surface area contributed by atoms with Crippen LogP contribution in [-0.4, -0.2) is 0 Å². The number of aryl methyl sites for hydroxylation is 2. The molecule has 0 aliphatic heterocycles. The highest BCUT2D eigenvalue weighted by Crippen LogP contribution is 2.35. The average molecular weight is 421 g/mol. The van der Waals surface area contributed by atoms with E-state index in [1.54, 1.807) is 0 Å². The van der Waals surface area contributed by atoms with Gasteiger partial charge in [-0.15, -0.1) is 0 Å². The molecule has 0 amide bonds. The summed E-state index contributed by atoms with van der Waals surface area (Å²) in [5.74, 6) is 0. The van der Waals surface area contributed by atoms with Crippen LogP contribution in [0.4, 0.5) is 0 Å². The molecule has 2 rings (SSSR count). The Kier molecular flexibility index (Phi) is 7.26. The fraction of sp³-hybridized carbons (Fsp3) is 0.613. The van der Waals surface area contributed by atoms with E-state index < -0.39 is 0 Å². The average Bonchev–Trinajstić information content (AvgIpc) is 2.58. The Morgan fingerprint density at radius 2 is 1.03 bits per heavy atom. The molecule has 0 atom stereocenters. The largest absolute Gasteiger partial charge is 0.0587 e. The first-order valence-corrected chi connectivity index (χ1v) is 12.2. The Balaban J connectivity index is 2.26. The molecular formula is C31H48. The van der Waals surface area contributed by atoms with Crippen molar-refractivity contribution in [2.75, 3.05) is 0 Å². The minimum Gasteiger partial charge on any atom is -0.0587 e. The molecule has 0 heterocycles. The summed E-state index contributed by atoms with van der Waals surface area (Å²) in [7, 11) is 0. The van der Waals surface area contributed by atoms with Crippen molar-refractivity contribution < 1.29 is 0 Å². The molecular weight excluding hydrogens is 372 g/mol. The predicted octanol–water partition coefficient (Wildman–Crippen LogP) is 9.05. The molecule has 0 spiro atoms. The molecule has 0 N–H and O–H groups in total. The zero-order chi connectivity index (χ0) is 23.8. The molecule has 0 saturated heterocycles. The van der Waals surface area contributed by atoms with Crippen LogP contribution in [0.3, 0.4) is 0 Å². The van der Waals surface area contributed by atoms with E-state index in [4.69, 9.17) is 0 Å². The number of rotatable bonds is 4. The molecule has 0 aliphatic carbocycles. The molecule has 0 bridgehead atoms. The summed E-state index contributed by atoms with van der Waals surface area (Å²) >= 11 is 0. The highest BCUT2D eigenvalue weighted by Gasteiger charge is 2.25. The van der Waals surface area contributed by atoms with E-state index in [2.05, 4.69) is 119 Å². The first-order chi connectivity index (χ1) is 13.9. The maximum atomic E-state index is 2.48. The SMILES string of the molecule is CC(C)(C)c1ccc(CCCc2ccc(C(C)(C)C)c(C(C)(C)C)c2)c(C(C)(C)C)c1. The van der Waals surface area contributed by atoms with Crippen molar-refractivity contribution >= 4 is 0 Å². The van der Waals surface area contributed by atoms with Gasteiger partial charge in [0.2, 0.25) is 0 Å². The Hall–Kier alpha value is -1.56. The van der Waals surface area contributed by atoms with Gasteiger partial charge < -0.3 is 0 Å². The molecule has 0 radical (unpaired) electrons. The van der Waals surface area contributed by atoms with E-state index in [0.29, 0.717) is 0 Å². The highest BCUT2D eigenvalue weighted by molar-refractivity contribution is 5.41. The van der Waals surface area contributed by atoms with Crippen molar-refractivity contribution in [3.05, 3.63) is 69.8 Å². The van der Waals surface area contributed by atoms with Crippen LogP contribution >= 0.6 is 0 Å². The van der Waals surface area contributed by atoms with Gasteiger partial charge in [0, 0.05) is 0 Å². The third-order valence-corrected chi connectivity index (χ3v) is 6.40. The van der Waals surface area contributed by atoms with Crippen LogP contribution < -0.4 is 0 Å². The van der Waals surface area contributed by atoms with E-state index >= 15 is 0 Å². The first-order valence-electron chi connectivity index (χ1n) is 12.2. The summed E-state index contributed by atoms with van der Waals surface area (Å²) in [4.78, 5) is 0. The van der Waals surface area contributed by atoms with Crippen LogP contribution in [0.1, 0.15) is 123 Å². The van der Waals surface area contributed by atoms with Gasteiger partial charge in [-0.1, -0.05) is 119 Å². The number of hydrogen-bond donors (Lipinski definition) is 0. The molecule has 0 fully saturated rings. The minimum atomic E-state index is 0.167. The number of benzene rings is 2. The van der Waals surface area contributed by atoms with Crippen molar-refractivity contribution in [1.82, 2.24) is 0 Å². The summed E-state index contributed by atoms with van der Waals surface area (Å²) in [5, 5.41) is 0. The van der Waals surface area contributed by atoms with Gasteiger partial charge in [0.15, 0.2) is 0 Å². The Morgan fingerprint density at radius 3 is 1.52 bits per heavy atom. The van der Waals surface area contributed by atoms with Gasteiger partial charge in [-0.05, 0) is 74.3 Å². The Bertz CT molecular complexity index is 884. The standard InChI is InChI=1S/C31H48/c1-28(2,3)24-18-17-23(26(21-24)30(7,8)9)15-13-14-22-16-19-25(29(4,5)6)27(20-22)31(10,11)12/h16-21H,13-15H2,1-12H3. The summed E-state index contributed by atoms with van der Waals surface area (Å²) in [6.45, 7) is 28.0. The summed E-state index contributed by atoms with van der Waals surface area (Å²) in [5.41, 5.74) is 9.63. The fourth-order valence-electron chi connectivity index (χ4n) is 4.46. The molecule has 0 aromatic heterocycles. The van der Waals surface area contributed by atoms with Crippen LogP contribution in [0.5, 0.6) is 0 Å². The van der Waals surface area contributed by atoms with Crippen LogP contribution in [-0.2, 0) is 34.5 Å². The van der Waals surface area contributed by atoms with Crippen molar-refractivity contribution in [2.24, 2.45) is 0 Å². The molecule has 0 nitrogen and oxygen atoms in total. The predicted molar refractivity (Wildman–Crippen MR) is 140 cm³/mol. The van der Waals surface area contributed by atoms with E-state index in [0.717, 1.165) is 12.8 Å². The van der Waals surface area contributed by atoms with Crippen LogP contribution in [0, 0.1) is 0 Å². The van der Waals surface area contributed by atoms with Crippen molar-refractivity contribution in [1.29, 1.82) is 0 Å². The lowest BCUT2D eigenvalue weighted by Gasteiger charge is -2.30. The molecule has 0 heteroatoms. The molecule has 0 unspecified atom stereocenters. The third-order valence-electron chi connectivity index (χ3n) is 6.40. The third kappa shape index (κ3) is 6.71. The topological polar surface area (TPSA) is 0 Å². The normalized spacial score (nSPS) is 13.5. The maximum Gasteiger partial charge on any atom is -0.0129 e. The quantitative estimate of drug-likeness (QED) is 0.462. The number of hydrogen-bond acceptors (Lipinski definition) is 0. The second-order valence-corrected chi connectivity index (χ2v) is 13.6. The smallest absolute Gasteiger partial charge is 0.0129 e. The lowest BCUT2D eigenvalue weighted by Crippen LogP contribution is -2.22. The van der Waals surface area contributed by atoms with Gasteiger partial charge in [0.25, 0.3) is 0 Å². The maximum absolute atomic E-state index is 2.48. The second kappa shape index (κ2) is 8.76. The summed E-state index contributed by atoms with van der Waals surface area (Å²) in [6, 6.07) is 14.4. The molecule has 2 aromatic carbocycles. The van der Waals surface area contributed by atoms with Gasteiger partial charge in [0.1, 0.15) is 0 Å².